The highest BCUT2D eigenvalue weighted by Crippen LogP contribution is 2.61. The molecule has 11 nitrogen and oxygen atoms in total. The van der Waals surface area contributed by atoms with E-state index in [2.05, 4.69) is 41.1 Å². The van der Waals surface area contributed by atoms with Gasteiger partial charge in [0.1, 0.15) is 22.7 Å². The Bertz CT molecular complexity index is 2270. The van der Waals surface area contributed by atoms with Crippen LogP contribution in [0.5, 0.6) is 0 Å². The smallest absolute Gasteiger partial charge is 0.275 e. The maximum atomic E-state index is 15.6. The summed E-state index contributed by atoms with van der Waals surface area (Å²) >= 11 is 3.29. The summed E-state index contributed by atoms with van der Waals surface area (Å²) in [5.74, 6) is -3.56. The van der Waals surface area contributed by atoms with Gasteiger partial charge in [-0.05, 0) is 84.1 Å². The molecule has 51 heavy (non-hydrogen) atoms. The molecule has 260 valence electrons. The van der Waals surface area contributed by atoms with Crippen LogP contribution in [0.4, 0.5) is 8.78 Å². The van der Waals surface area contributed by atoms with Crippen LogP contribution in [0.25, 0.3) is 28.1 Å². The van der Waals surface area contributed by atoms with E-state index in [-0.39, 0.29) is 59.9 Å². The van der Waals surface area contributed by atoms with Crippen LogP contribution in [-0.2, 0) is 35.0 Å². The van der Waals surface area contributed by atoms with Crippen molar-refractivity contribution in [2.45, 2.75) is 77.0 Å². The SMILES string of the molecule is CC(=O)c1nn(CC(=O)N2[C@H]3C[C@]4(C[C@@H]24)Cn2ccc(n2)/C=C\CCC(F)(F)c2ccc(Br)nc2CC3=O)c2ccc(-c3cnc(C)nc3)cc12. The molecule has 3 atom stereocenters. The number of allylic oxidation sites excluding steroid dienone is 1. The number of hydrogen-bond acceptors (Lipinski definition) is 8. The molecular formula is C37H33BrF2N8O3. The first kappa shape index (κ1) is 33.2. The first-order chi connectivity index (χ1) is 24.4. The first-order valence-corrected chi connectivity index (χ1v) is 17.6. The van der Waals surface area contributed by atoms with Crippen LogP contribution in [0.3, 0.4) is 0 Å². The van der Waals surface area contributed by atoms with Crippen molar-refractivity contribution in [3.05, 3.63) is 94.1 Å². The van der Waals surface area contributed by atoms with Crippen LogP contribution in [0.15, 0.2) is 65.7 Å². The Kier molecular flexibility index (Phi) is 8.04. The number of piperidine rings is 1. The van der Waals surface area contributed by atoms with Gasteiger partial charge in [-0.25, -0.2) is 23.7 Å². The summed E-state index contributed by atoms with van der Waals surface area (Å²) in [6, 6.07) is 8.99. The lowest BCUT2D eigenvalue weighted by Gasteiger charge is -2.27. The molecule has 2 aliphatic heterocycles. The van der Waals surface area contributed by atoms with Crippen LogP contribution in [-0.4, -0.2) is 69.0 Å². The van der Waals surface area contributed by atoms with Gasteiger partial charge in [-0.1, -0.05) is 12.1 Å². The third-order valence-corrected chi connectivity index (χ3v) is 10.7. The number of pyridine rings is 1. The molecular weight excluding hydrogens is 722 g/mol. The molecule has 1 saturated heterocycles. The number of halogens is 3. The van der Waals surface area contributed by atoms with E-state index in [1.54, 1.807) is 41.1 Å². The number of amides is 1. The lowest BCUT2D eigenvalue weighted by Crippen LogP contribution is -2.45. The predicted octanol–water partition coefficient (Wildman–Crippen LogP) is 6.13. The van der Waals surface area contributed by atoms with E-state index >= 15 is 8.78 Å². The summed E-state index contributed by atoms with van der Waals surface area (Å²) in [5.41, 5.74) is 2.31. The van der Waals surface area contributed by atoms with E-state index in [0.717, 1.165) is 11.1 Å². The summed E-state index contributed by atoms with van der Waals surface area (Å²) in [7, 11) is 0. The van der Waals surface area contributed by atoms with Crippen molar-refractivity contribution < 1.29 is 23.2 Å². The fourth-order valence-corrected chi connectivity index (χ4v) is 8.03. The Morgan fingerprint density at radius 2 is 1.84 bits per heavy atom. The largest absolute Gasteiger partial charge is 0.327 e. The third-order valence-electron chi connectivity index (χ3n) is 10.3. The first-order valence-electron chi connectivity index (χ1n) is 16.8. The van der Waals surface area contributed by atoms with Crippen LogP contribution >= 0.6 is 15.9 Å². The van der Waals surface area contributed by atoms with Crippen LogP contribution in [0, 0.1) is 12.3 Å². The molecule has 3 aliphatic rings. The minimum atomic E-state index is -3.24. The molecule has 0 radical (unpaired) electrons. The van der Waals surface area contributed by atoms with Crippen LogP contribution in [0.2, 0.25) is 0 Å². The number of fused-ring (bicyclic) bond motifs is 5. The van der Waals surface area contributed by atoms with Crippen molar-refractivity contribution in [3.63, 3.8) is 0 Å². The Hall–Kier alpha value is -4.98. The number of Topliss-reactive ketones (excluding diaryl/α,β-unsaturated/α-hetero) is 2. The zero-order valence-electron chi connectivity index (χ0n) is 27.9. The average Bonchev–Trinajstić information content (AvgIpc) is 3.36. The zero-order valence-corrected chi connectivity index (χ0v) is 29.5. The minimum Gasteiger partial charge on any atom is -0.327 e. The van der Waals surface area contributed by atoms with Gasteiger partial charge in [-0.3, -0.25) is 23.7 Å². The average molecular weight is 756 g/mol. The lowest BCUT2D eigenvalue weighted by atomic mass is 9.93. The number of carbonyl (C=O) groups is 3. The number of hydrogen-bond donors (Lipinski definition) is 0. The van der Waals surface area contributed by atoms with E-state index in [1.165, 1.54) is 23.7 Å². The number of aromatic nitrogens is 7. The predicted molar refractivity (Wildman–Crippen MR) is 187 cm³/mol. The number of benzene rings is 1. The highest BCUT2D eigenvalue weighted by molar-refractivity contribution is 9.10. The monoisotopic (exact) mass is 754 g/mol. The molecule has 2 fully saturated rings. The van der Waals surface area contributed by atoms with Gasteiger partial charge in [0.25, 0.3) is 5.92 Å². The van der Waals surface area contributed by atoms with Crippen molar-refractivity contribution in [1.82, 2.24) is 39.4 Å². The summed E-state index contributed by atoms with van der Waals surface area (Å²) < 4.78 is 34.9. The molecule has 1 spiro atoms. The molecule has 1 aromatic carbocycles. The van der Waals surface area contributed by atoms with Gasteiger partial charge in [0.15, 0.2) is 11.6 Å². The molecule has 14 heteroatoms. The molecule has 4 aromatic heterocycles. The Morgan fingerprint density at radius 3 is 2.63 bits per heavy atom. The van der Waals surface area contributed by atoms with E-state index in [9.17, 15) is 14.4 Å². The maximum absolute atomic E-state index is 15.6. The molecule has 1 amide bonds. The number of ketones is 2. The van der Waals surface area contributed by atoms with E-state index in [0.29, 0.717) is 46.4 Å². The molecule has 4 bridgehead atoms. The standard InChI is InChI=1S/C37H33BrF2N8O3/c1-21(49)35-26-13-23(24-17-41-22(2)42-18-24)6-8-29(26)47(45-35)19-34(51)48-30-15-36(16-32(36)48)20-46-12-10-25(44-46)5-3-4-11-37(39,40)27-7-9-33(38)43-28(27)14-31(30)50/h3,5-10,12-13,17-18,30,32H,4,11,14-16,19-20H2,1-2H3/b5-3-/t30-,32+,36-/m0/s1. The molecule has 1 saturated carbocycles. The number of carbonyl (C=O) groups excluding carboxylic acids is 3. The van der Waals surface area contributed by atoms with Gasteiger partial charge < -0.3 is 4.90 Å². The normalized spacial score (nSPS) is 23.2. The number of rotatable bonds is 4. The number of likely N-dealkylation sites (tertiary alicyclic amines) is 1. The summed E-state index contributed by atoms with van der Waals surface area (Å²) in [5, 5.41) is 9.79. The van der Waals surface area contributed by atoms with Gasteiger partial charge in [0.2, 0.25) is 5.91 Å². The Morgan fingerprint density at radius 1 is 1.04 bits per heavy atom. The van der Waals surface area contributed by atoms with Crippen molar-refractivity contribution in [2.75, 3.05) is 0 Å². The highest BCUT2D eigenvalue weighted by atomic mass is 79.9. The number of alkyl halides is 2. The lowest BCUT2D eigenvalue weighted by molar-refractivity contribution is -0.139. The second-order valence-electron chi connectivity index (χ2n) is 13.8. The van der Waals surface area contributed by atoms with Crippen molar-refractivity contribution in [2.24, 2.45) is 5.41 Å². The second kappa shape index (κ2) is 12.4. The summed E-state index contributed by atoms with van der Waals surface area (Å²) in [6.45, 7) is 3.50. The quantitative estimate of drug-likeness (QED) is 0.158. The molecule has 6 heterocycles. The van der Waals surface area contributed by atoms with Gasteiger partial charge in [-0.15, -0.1) is 0 Å². The topological polar surface area (TPSA) is 129 Å². The van der Waals surface area contributed by atoms with Crippen molar-refractivity contribution in [3.8, 4) is 11.1 Å². The van der Waals surface area contributed by atoms with E-state index < -0.39 is 23.8 Å². The zero-order chi connectivity index (χ0) is 35.7. The van der Waals surface area contributed by atoms with Crippen LogP contribution < -0.4 is 0 Å². The number of aryl methyl sites for hydroxylation is 1. The molecule has 0 N–H and O–H groups in total. The summed E-state index contributed by atoms with van der Waals surface area (Å²) in [4.78, 5) is 55.8. The van der Waals surface area contributed by atoms with Gasteiger partial charge in [0.05, 0.1) is 29.4 Å². The molecule has 5 aromatic rings. The molecule has 1 aliphatic carbocycles. The highest BCUT2D eigenvalue weighted by Gasteiger charge is 2.67. The number of nitrogens with zero attached hydrogens (tertiary/aromatic N) is 8. The second-order valence-corrected chi connectivity index (χ2v) is 14.6. The molecule has 8 rings (SSSR count). The van der Waals surface area contributed by atoms with Gasteiger partial charge >= 0.3 is 0 Å². The maximum Gasteiger partial charge on any atom is 0.275 e. The third kappa shape index (κ3) is 6.08. The van der Waals surface area contributed by atoms with E-state index in [4.69, 9.17) is 0 Å². The van der Waals surface area contributed by atoms with Gasteiger partial charge in [0, 0.05) is 66.4 Å². The Balaban J connectivity index is 1.15. The fourth-order valence-electron chi connectivity index (χ4n) is 7.69. The van der Waals surface area contributed by atoms with Crippen molar-refractivity contribution in [1.29, 1.82) is 0 Å². The summed E-state index contributed by atoms with van der Waals surface area (Å²) in [6.07, 6.45) is 9.00. The minimum absolute atomic E-state index is 0.00807. The fraction of sp³-hybridized carbons (Fsp3) is 0.351. The molecule has 0 unspecified atom stereocenters. The van der Waals surface area contributed by atoms with Crippen molar-refractivity contribution >= 4 is 50.4 Å². The van der Waals surface area contributed by atoms with Gasteiger partial charge in [-0.2, -0.15) is 10.2 Å². The van der Waals surface area contributed by atoms with E-state index in [1.807, 2.05) is 30.5 Å². The van der Waals surface area contributed by atoms with Crippen LogP contribution in [0.1, 0.15) is 65.9 Å². The Labute approximate surface area is 299 Å².